The van der Waals surface area contributed by atoms with Gasteiger partial charge in [0.05, 0.1) is 6.61 Å². The Kier molecular flexibility index (Phi) is 9.44. The predicted molar refractivity (Wildman–Crippen MR) is 84.7 cm³/mol. The minimum Gasteiger partial charge on any atom is -0.463 e. The van der Waals surface area contributed by atoms with Gasteiger partial charge in [-0.2, -0.15) is 0 Å². The molecule has 0 saturated heterocycles. The van der Waals surface area contributed by atoms with Crippen molar-refractivity contribution in [1.82, 2.24) is 0 Å². The number of esters is 1. The summed E-state index contributed by atoms with van der Waals surface area (Å²) in [5.74, 6) is 0.803. The minimum absolute atomic E-state index is 0.218. The Morgan fingerprint density at radius 2 is 1.70 bits per heavy atom. The molecule has 1 aliphatic carbocycles. The van der Waals surface area contributed by atoms with E-state index in [1.165, 1.54) is 64.2 Å². The fourth-order valence-corrected chi connectivity index (χ4v) is 3.11. The molecule has 2 nitrogen and oxygen atoms in total. The Morgan fingerprint density at radius 3 is 2.40 bits per heavy atom. The molecule has 0 aromatic carbocycles. The third kappa shape index (κ3) is 7.72. The van der Waals surface area contributed by atoms with Gasteiger partial charge in [0.1, 0.15) is 0 Å². The SMILES string of the molecule is C=C(CCCCCCCC1CCCCC1)C(=O)OCC. The smallest absolute Gasteiger partial charge is 0.333 e. The van der Waals surface area contributed by atoms with Gasteiger partial charge in [-0.15, -0.1) is 0 Å². The summed E-state index contributed by atoms with van der Waals surface area (Å²) in [7, 11) is 0. The van der Waals surface area contributed by atoms with Crippen LogP contribution >= 0.6 is 0 Å². The Hall–Kier alpha value is -0.790. The zero-order valence-electron chi connectivity index (χ0n) is 13.3. The van der Waals surface area contributed by atoms with E-state index in [0.29, 0.717) is 12.2 Å². The molecule has 0 aromatic rings. The molecule has 0 radical (unpaired) electrons. The second-order valence-corrected chi connectivity index (χ2v) is 6.13. The number of carbonyl (C=O) groups excluding carboxylic acids is 1. The molecule has 116 valence electrons. The lowest BCUT2D eigenvalue weighted by Gasteiger charge is -2.21. The molecular formula is C18H32O2. The third-order valence-electron chi connectivity index (χ3n) is 4.38. The summed E-state index contributed by atoms with van der Waals surface area (Å²) in [6.07, 6.45) is 15.9. The molecular weight excluding hydrogens is 248 g/mol. The van der Waals surface area contributed by atoms with Gasteiger partial charge >= 0.3 is 5.97 Å². The molecule has 0 heterocycles. The van der Waals surface area contributed by atoms with E-state index in [2.05, 4.69) is 6.58 Å². The molecule has 20 heavy (non-hydrogen) atoms. The number of rotatable bonds is 10. The summed E-state index contributed by atoms with van der Waals surface area (Å²) in [6.45, 7) is 6.07. The van der Waals surface area contributed by atoms with Crippen molar-refractivity contribution < 1.29 is 9.53 Å². The molecule has 1 fully saturated rings. The van der Waals surface area contributed by atoms with Crippen LogP contribution in [0.15, 0.2) is 12.2 Å². The van der Waals surface area contributed by atoms with Crippen LogP contribution in [0.1, 0.15) is 84.0 Å². The Bertz CT molecular complexity index is 277. The van der Waals surface area contributed by atoms with E-state index in [9.17, 15) is 4.79 Å². The highest BCUT2D eigenvalue weighted by molar-refractivity contribution is 5.87. The van der Waals surface area contributed by atoms with Crippen molar-refractivity contribution in [2.24, 2.45) is 5.92 Å². The highest BCUT2D eigenvalue weighted by Crippen LogP contribution is 2.28. The lowest BCUT2D eigenvalue weighted by Crippen LogP contribution is -2.06. The lowest BCUT2D eigenvalue weighted by molar-refractivity contribution is -0.138. The van der Waals surface area contributed by atoms with Crippen LogP contribution in [0.4, 0.5) is 0 Å². The van der Waals surface area contributed by atoms with Crippen molar-refractivity contribution in [1.29, 1.82) is 0 Å². The molecule has 0 atom stereocenters. The zero-order valence-corrected chi connectivity index (χ0v) is 13.3. The van der Waals surface area contributed by atoms with Gasteiger partial charge in [0, 0.05) is 5.57 Å². The quantitative estimate of drug-likeness (QED) is 0.303. The fraction of sp³-hybridized carbons (Fsp3) is 0.833. The van der Waals surface area contributed by atoms with Crippen molar-refractivity contribution >= 4 is 5.97 Å². The van der Waals surface area contributed by atoms with Gasteiger partial charge in [-0.05, 0) is 25.7 Å². The minimum atomic E-state index is -0.218. The molecule has 0 unspecified atom stereocenters. The molecule has 2 heteroatoms. The maximum absolute atomic E-state index is 11.4. The zero-order chi connectivity index (χ0) is 14.6. The number of hydrogen-bond acceptors (Lipinski definition) is 2. The Labute approximate surface area is 125 Å². The first-order chi connectivity index (χ1) is 9.74. The van der Waals surface area contributed by atoms with Crippen LogP contribution in [-0.2, 0) is 9.53 Å². The topological polar surface area (TPSA) is 26.3 Å². The monoisotopic (exact) mass is 280 g/mol. The first-order valence-corrected chi connectivity index (χ1v) is 8.59. The van der Waals surface area contributed by atoms with Gasteiger partial charge in [-0.1, -0.05) is 70.8 Å². The van der Waals surface area contributed by atoms with Crippen LogP contribution in [-0.4, -0.2) is 12.6 Å². The van der Waals surface area contributed by atoms with E-state index in [1.54, 1.807) is 0 Å². The van der Waals surface area contributed by atoms with E-state index in [4.69, 9.17) is 4.74 Å². The highest BCUT2D eigenvalue weighted by atomic mass is 16.5. The third-order valence-corrected chi connectivity index (χ3v) is 4.38. The highest BCUT2D eigenvalue weighted by Gasteiger charge is 2.12. The average Bonchev–Trinajstić information content (AvgIpc) is 2.47. The fourth-order valence-electron chi connectivity index (χ4n) is 3.11. The molecule has 0 amide bonds. The van der Waals surface area contributed by atoms with Crippen LogP contribution in [0.5, 0.6) is 0 Å². The van der Waals surface area contributed by atoms with E-state index in [-0.39, 0.29) is 5.97 Å². The standard InChI is InChI=1S/C18H32O2/c1-3-20-18(19)16(2)12-8-5-4-6-9-13-17-14-10-7-11-15-17/h17H,2-15H2,1H3. The summed E-state index contributed by atoms with van der Waals surface area (Å²) in [5, 5.41) is 0. The van der Waals surface area contributed by atoms with Crippen molar-refractivity contribution in [3.8, 4) is 0 Å². The molecule has 0 aliphatic heterocycles. The Morgan fingerprint density at radius 1 is 1.05 bits per heavy atom. The van der Waals surface area contributed by atoms with Crippen LogP contribution < -0.4 is 0 Å². The summed E-state index contributed by atoms with van der Waals surface area (Å²) in [4.78, 5) is 11.4. The first kappa shape index (κ1) is 17.3. The second kappa shape index (κ2) is 10.9. The van der Waals surface area contributed by atoms with Crippen LogP contribution in [0, 0.1) is 5.92 Å². The summed E-state index contributed by atoms with van der Waals surface area (Å²) < 4.78 is 4.93. The normalized spacial score (nSPS) is 16.1. The van der Waals surface area contributed by atoms with Gasteiger partial charge in [0.15, 0.2) is 0 Å². The van der Waals surface area contributed by atoms with Crippen LogP contribution in [0.3, 0.4) is 0 Å². The van der Waals surface area contributed by atoms with Gasteiger partial charge in [-0.25, -0.2) is 4.79 Å². The van der Waals surface area contributed by atoms with Crippen LogP contribution in [0.25, 0.3) is 0 Å². The number of ether oxygens (including phenoxy) is 1. The van der Waals surface area contributed by atoms with Gasteiger partial charge in [-0.3, -0.25) is 0 Å². The first-order valence-electron chi connectivity index (χ1n) is 8.59. The second-order valence-electron chi connectivity index (χ2n) is 6.13. The maximum atomic E-state index is 11.4. The lowest BCUT2D eigenvalue weighted by atomic mass is 9.85. The van der Waals surface area contributed by atoms with Gasteiger partial charge < -0.3 is 4.74 Å². The van der Waals surface area contributed by atoms with E-state index in [0.717, 1.165) is 18.8 Å². The molecule has 1 rings (SSSR count). The van der Waals surface area contributed by atoms with Gasteiger partial charge in [0.25, 0.3) is 0 Å². The number of carbonyl (C=O) groups is 1. The molecule has 0 spiro atoms. The summed E-state index contributed by atoms with van der Waals surface area (Å²) in [6, 6.07) is 0. The van der Waals surface area contributed by atoms with E-state index >= 15 is 0 Å². The van der Waals surface area contributed by atoms with Crippen molar-refractivity contribution in [2.45, 2.75) is 84.0 Å². The van der Waals surface area contributed by atoms with E-state index < -0.39 is 0 Å². The van der Waals surface area contributed by atoms with Crippen molar-refractivity contribution in [2.75, 3.05) is 6.61 Å². The maximum Gasteiger partial charge on any atom is 0.333 e. The van der Waals surface area contributed by atoms with Crippen molar-refractivity contribution in [3.05, 3.63) is 12.2 Å². The molecule has 1 aliphatic rings. The summed E-state index contributed by atoms with van der Waals surface area (Å²) in [5.41, 5.74) is 0.633. The van der Waals surface area contributed by atoms with E-state index in [1.807, 2.05) is 6.92 Å². The van der Waals surface area contributed by atoms with Crippen LogP contribution in [0.2, 0.25) is 0 Å². The Balaban J connectivity index is 1.89. The molecule has 0 N–H and O–H groups in total. The average molecular weight is 280 g/mol. The number of unbranched alkanes of at least 4 members (excludes halogenated alkanes) is 4. The molecule has 0 bridgehead atoms. The molecule has 1 saturated carbocycles. The largest absolute Gasteiger partial charge is 0.463 e. The predicted octanol–water partition coefficient (Wildman–Crippen LogP) is 5.42. The number of hydrogen-bond donors (Lipinski definition) is 0. The summed E-state index contributed by atoms with van der Waals surface area (Å²) >= 11 is 0. The van der Waals surface area contributed by atoms with Gasteiger partial charge in [0.2, 0.25) is 0 Å². The molecule has 0 aromatic heterocycles. The van der Waals surface area contributed by atoms with Crippen molar-refractivity contribution in [3.63, 3.8) is 0 Å².